The van der Waals surface area contributed by atoms with Crippen LogP contribution in [0.1, 0.15) is 0 Å². The Morgan fingerprint density at radius 3 is 1.15 bits per heavy atom. The SMILES string of the molecule is O=P([O-])([O-])O.O=S(=O)([O-])[O-].[Al+3].[OH-].[Pb+2]. The maximum Gasteiger partial charge on any atom is 3.00 e. The molecule has 0 bridgehead atoms. The molecule has 0 aromatic heterocycles. The fourth-order valence-corrected chi connectivity index (χ4v) is 0. The molecule has 0 unspecified atom stereocenters. The molecular weight excluding hydrogens is 441 g/mol. The van der Waals surface area contributed by atoms with Gasteiger partial charge in [0, 0.05) is 10.4 Å². The molecule has 2 radical (unpaired) electrons. The zero-order valence-electron chi connectivity index (χ0n) is 5.68. The third kappa shape index (κ3) is 894. The van der Waals surface area contributed by atoms with Crippen LogP contribution in [0.5, 0.6) is 0 Å². The van der Waals surface area contributed by atoms with E-state index < -0.39 is 18.2 Å². The second-order valence-electron chi connectivity index (χ2n) is 0.877. The molecule has 0 aromatic rings. The minimum atomic E-state index is -5.17. The summed E-state index contributed by atoms with van der Waals surface area (Å²) >= 11 is 0. The standard InChI is InChI=1S/Al.H3O4P.H2O4S.H2O.Pb/c;2*1-5(2,3)4;;/h;(H3,1,2,3,4);(H2,1,2,3,4);1H2;/q+3;;;;+2/p-5. The Labute approximate surface area is 105 Å². The molecule has 0 atom stereocenters. The topological polar surface area (TPSA) is 194 Å². The van der Waals surface area contributed by atoms with E-state index in [-0.39, 0.29) is 50.1 Å². The molecule has 0 amide bonds. The summed E-state index contributed by atoms with van der Waals surface area (Å²) < 4.78 is 42.7. The van der Waals surface area contributed by atoms with Gasteiger partial charge in [0.05, 0.1) is 7.82 Å². The Balaban J connectivity index is -0.0000000267. The van der Waals surface area contributed by atoms with Gasteiger partial charge in [0.25, 0.3) is 0 Å². The van der Waals surface area contributed by atoms with E-state index in [2.05, 4.69) is 0 Å². The van der Waals surface area contributed by atoms with E-state index in [0.29, 0.717) is 0 Å². The van der Waals surface area contributed by atoms with Crippen LogP contribution in [0.2, 0.25) is 0 Å². The molecule has 0 rings (SSSR count). The Hall–Kier alpha value is 1.39. The Bertz CT molecular complexity index is 198. The van der Waals surface area contributed by atoms with Gasteiger partial charge in [0.2, 0.25) is 0 Å². The fraction of sp³-hybridized carbons (Fsp3) is 0. The minimum absolute atomic E-state index is 0. The van der Waals surface area contributed by atoms with Crippen molar-refractivity contribution in [2.45, 2.75) is 0 Å². The van der Waals surface area contributed by atoms with E-state index in [1.807, 2.05) is 0 Å². The molecule has 0 aliphatic rings. The van der Waals surface area contributed by atoms with Crippen molar-refractivity contribution in [2.24, 2.45) is 0 Å². The molecule has 2 N–H and O–H groups in total. The molecule has 74 valence electrons. The van der Waals surface area contributed by atoms with E-state index in [0.717, 1.165) is 0 Å². The number of hydrogen-bond donors (Lipinski definition) is 1. The molecule has 0 aromatic carbocycles. The van der Waals surface area contributed by atoms with Crippen LogP contribution >= 0.6 is 7.82 Å². The zero-order chi connectivity index (χ0) is 9.00. The summed E-state index contributed by atoms with van der Waals surface area (Å²) in [6.45, 7) is 0. The summed E-state index contributed by atoms with van der Waals surface area (Å²) in [5.41, 5.74) is 0. The van der Waals surface area contributed by atoms with Crippen molar-refractivity contribution in [1.82, 2.24) is 0 Å². The summed E-state index contributed by atoms with van der Waals surface area (Å²) in [6.07, 6.45) is 0. The first-order valence-electron chi connectivity index (χ1n) is 1.41. The van der Waals surface area contributed by atoms with Gasteiger partial charge in [-0.1, -0.05) is 0 Å². The van der Waals surface area contributed by atoms with Gasteiger partial charge < -0.3 is 33.8 Å². The van der Waals surface area contributed by atoms with E-state index in [4.69, 9.17) is 36.8 Å². The monoisotopic (exact) mass is 444 g/mol. The molecule has 0 spiro atoms. The average molecular weight is 443 g/mol. The number of rotatable bonds is 0. The average Bonchev–Trinajstić information content (AvgIpc) is 1.12. The third-order valence-corrected chi connectivity index (χ3v) is 0. The Morgan fingerprint density at radius 2 is 1.15 bits per heavy atom. The van der Waals surface area contributed by atoms with Crippen LogP contribution < -0.4 is 9.79 Å². The van der Waals surface area contributed by atoms with Crippen molar-refractivity contribution >= 4 is 62.9 Å². The van der Waals surface area contributed by atoms with Crippen molar-refractivity contribution in [1.29, 1.82) is 0 Å². The van der Waals surface area contributed by atoms with Crippen molar-refractivity contribution in [3.8, 4) is 0 Å². The van der Waals surface area contributed by atoms with Gasteiger partial charge in [-0.05, 0) is 0 Å². The molecule has 9 nitrogen and oxygen atoms in total. The second-order valence-corrected chi connectivity index (χ2v) is 2.63. The number of hydrogen-bond acceptors (Lipinski definition) is 8. The van der Waals surface area contributed by atoms with E-state index in [1.54, 1.807) is 0 Å². The summed E-state index contributed by atoms with van der Waals surface area (Å²) in [7, 11) is -10.3. The molecular formula is H2AlO9PPbS. The molecule has 0 heterocycles. The molecule has 0 aliphatic carbocycles. The summed E-state index contributed by atoms with van der Waals surface area (Å²) in [6, 6.07) is 0. The largest absolute Gasteiger partial charge is 3.00 e. The van der Waals surface area contributed by atoms with Crippen LogP contribution in [0, 0.1) is 0 Å². The van der Waals surface area contributed by atoms with Gasteiger partial charge in [-0.3, -0.25) is 8.42 Å². The molecule has 0 saturated carbocycles. The molecule has 0 fully saturated rings. The van der Waals surface area contributed by atoms with Crippen LogP contribution in [0.15, 0.2) is 0 Å². The maximum absolute atomic E-state index is 8.66. The molecule has 13 heavy (non-hydrogen) atoms. The maximum atomic E-state index is 8.66. The van der Waals surface area contributed by atoms with Crippen LogP contribution in [0.3, 0.4) is 0 Å². The minimum Gasteiger partial charge on any atom is -0.870 e. The van der Waals surface area contributed by atoms with Gasteiger partial charge in [0.1, 0.15) is 0 Å². The van der Waals surface area contributed by atoms with Crippen LogP contribution in [-0.2, 0) is 15.0 Å². The van der Waals surface area contributed by atoms with Crippen molar-refractivity contribution < 1.29 is 42.2 Å². The normalized spacial score (nSPS) is 9.00. The van der Waals surface area contributed by atoms with Crippen LogP contribution in [-0.4, -0.2) is 72.6 Å². The molecule has 0 saturated heterocycles. The fourth-order valence-electron chi connectivity index (χ4n) is 0. The summed E-state index contributed by atoms with van der Waals surface area (Å²) in [4.78, 5) is 24.3. The quantitative estimate of drug-likeness (QED) is 0.166. The van der Waals surface area contributed by atoms with Gasteiger partial charge in [-0.2, -0.15) is 0 Å². The van der Waals surface area contributed by atoms with Crippen molar-refractivity contribution in [3.63, 3.8) is 0 Å². The first-order chi connectivity index (χ1) is 4.00. The second kappa shape index (κ2) is 11.5. The first kappa shape index (κ1) is 29.3. The van der Waals surface area contributed by atoms with Gasteiger partial charge >= 0.3 is 44.7 Å². The Morgan fingerprint density at radius 1 is 1.15 bits per heavy atom. The van der Waals surface area contributed by atoms with E-state index >= 15 is 0 Å². The Kier molecular flexibility index (Phi) is 25.8. The van der Waals surface area contributed by atoms with Crippen LogP contribution in [0.25, 0.3) is 0 Å². The third-order valence-electron chi connectivity index (χ3n) is 0. The zero-order valence-corrected chi connectivity index (χ0v) is 12.4. The first-order valence-corrected chi connectivity index (χ1v) is 4.24. The predicted octanol–water partition coefficient (Wildman–Crippen LogP) is -4.47. The number of phosphoric acid groups is 1. The van der Waals surface area contributed by atoms with Gasteiger partial charge in [-0.25, -0.2) is 0 Å². The molecule has 13 heteroatoms. The van der Waals surface area contributed by atoms with Crippen LogP contribution in [0.4, 0.5) is 0 Å². The smallest absolute Gasteiger partial charge is 0.870 e. The van der Waals surface area contributed by atoms with Crippen molar-refractivity contribution in [3.05, 3.63) is 0 Å². The van der Waals surface area contributed by atoms with E-state index in [9.17, 15) is 0 Å². The summed E-state index contributed by atoms with van der Waals surface area (Å²) in [5.74, 6) is 0. The van der Waals surface area contributed by atoms with Gasteiger partial charge in [0.15, 0.2) is 0 Å². The summed E-state index contributed by atoms with van der Waals surface area (Å²) in [5, 5.41) is 0. The van der Waals surface area contributed by atoms with Crippen molar-refractivity contribution in [2.75, 3.05) is 0 Å². The predicted molar refractivity (Wildman–Crippen MR) is 33.7 cm³/mol. The van der Waals surface area contributed by atoms with Gasteiger partial charge in [-0.15, -0.1) is 0 Å². The molecule has 0 aliphatic heterocycles. The van der Waals surface area contributed by atoms with E-state index in [1.165, 1.54) is 0 Å².